The van der Waals surface area contributed by atoms with E-state index in [0.29, 0.717) is 17.1 Å². The Hall–Kier alpha value is -2.75. The van der Waals surface area contributed by atoms with E-state index in [-0.39, 0.29) is 21.5 Å². The molecule has 152 valence electrons. The van der Waals surface area contributed by atoms with Gasteiger partial charge in [0.25, 0.3) is 5.91 Å². The molecule has 0 radical (unpaired) electrons. The van der Waals surface area contributed by atoms with Crippen molar-refractivity contribution < 1.29 is 17.6 Å². The minimum absolute atomic E-state index is 0.0425. The molecule has 3 rings (SSSR count). The molecular weight excluding hydrogens is 416 g/mol. The number of carbonyl (C=O) groups excluding carboxylic acids is 1. The molecule has 1 heterocycles. The summed E-state index contributed by atoms with van der Waals surface area (Å²) < 4.78 is 32.5. The van der Waals surface area contributed by atoms with Crippen LogP contribution in [0.25, 0.3) is 11.5 Å². The van der Waals surface area contributed by atoms with Crippen LogP contribution in [0, 0.1) is 6.92 Å². The molecule has 0 fully saturated rings. The fourth-order valence-electron chi connectivity index (χ4n) is 2.60. The summed E-state index contributed by atoms with van der Waals surface area (Å²) in [7, 11) is -3.77. The zero-order chi connectivity index (χ0) is 21.2. The second-order valence-corrected chi connectivity index (χ2v) is 8.77. The van der Waals surface area contributed by atoms with Crippen molar-refractivity contribution in [3.63, 3.8) is 0 Å². The monoisotopic (exact) mass is 434 g/mol. The molecule has 0 aliphatic heterocycles. The van der Waals surface area contributed by atoms with Crippen LogP contribution in [0.1, 0.15) is 29.8 Å². The first-order chi connectivity index (χ1) is 13.7. The van der Waals surface area contributed by atoms with Crippen LogP contribution in [-0.4, -0.2) is 30.6 Å². The number of sulfonamides is 1. The van der Waals surface area contributed by atoms with Gasteiger partial charge in [0.1, 0.15) is 0 Å². The standard InChI is InChI=1S/C19H19ClN4O4S/c1-11(2)24-29(26,27)14-6-7-16(20)15(9-14)18(25)22-17-8-13(5-4-12(17)3)19-23-21-10-28-19/h4-11,24H,1-3H3,(H,22,25). The summed E-state index contributed by atoms with van der Waals surface area (Å²) in [5.74, 6) is -0.228. The van der Waals surface area contributed by atoms with Crippen molar-refractivity contribution in [2.45, 2.75) is 31.7 Å². The van der Waals surface area contributed by atoms with E-state index in [1.165, 1.54) is 24.6 Å². The summed E-state index contributed by atoms with van der Waals surface area (Å²) in [6.45, 7) is 5.24. The number of nitrogens with zero attached hydrogens (tertiary/aromatic N) is 2. The first-order valence-corrected chi connectivity index (χ1v) is 10.5. The minimum atomic E-state index is -3.77. The van der Waals surface area contributed by atoms with E-state index >= 15 is 0 Å². The number of halogens is 1. The van der Waals surface area contributed by atoms with Crippen LogP contribution in [0.5, 0.6) is 0 Å². The van der Waals surface area contributed by atoms with Crippen molar-refractivity contribution in [2.75, 3.05) is 5.32 Å². The molecule has 1 aromatic heterocycles. The molecule has 8 nitrogen and oxygen atoms in total. The molecule has 3 aromatic rings. The quantitative estimate of drug-likeness (QED) is 0.612. The van der Waals surface area contributed by atoms with E-state index in [1.54, 1.807) is 32.0 Å². The number of aromatic nitrogens is 2. The normalized spacial score (nSPS) is 11.6. The van der Waals surface area contributed by atoms with Gasteiger partial charge >= 0.3 is 0 Å². The maximum absolute atomic E-state index is 12.8. The molecule has 0 saturated heterocycles. The lowest BCUT2D eigenvalue weighted by Crippen LogP contribution is -2.30. The minimum Gasteiger partial charge on any atom is -0.423 e. The molecule has 0 bridgehead atoms. The van der Waals surface area contributed by atoms with Gasteiger partial charge in [0, 0.05) is 17.3 Å². The van der Waals surface area contributed by atoms with E-state index in [2.05, 4.69) is 20.2 Å². The van der Waals surface area contributed by atoms with Gasteiger partial charge in [-0.3, -0.25) is 4.79 Å². The van der Waals surface area contributed by atoms with Crippen molar-refractivity contribution >= 4 is 33.2 Å². The van der Waals surface area contributed by atoms with Gasteiger partial charge in [0.15, 0.2) is 0 Å². The van der Waals surface area contributed by atoms with E-state index in [9.17, 15) is 13.2 Å². The molecule has 10 heteroatoms. The van der Waals surface area contributed by atoms with Crippen molar-refractivity contribution in [1.82, 2.24) is 14.9 Å². The Labute approximate surface area is 173 Å². The molecule has 0 unspecified atom stereocenters. The third-order valence-electron chi connectivity index (χ3n) is 3.98. The van der Waals surface area contributed by atoms with Crippen LogP contribution in [0.4, 0.5) is 5.69 Å². The number of benzene rings is 2. The number of aryl methyl sites for hydroxylation is 1. The molecule has 0 atom stereocenters. The maximum atomic E-state index is 12.8. The SMILES string of the molecule is Cc1ccc(-c2nnco2)cc1NC(=O)c1cc(S(=O)(=O)NC(C)C)ccc1Cl. The maximum Gasteiger partial charge on any atom is 0.257 e. The van der Waals surface area contributed by atoms with Gasteiger partial charge in [-0.1, -0.05) is 17.7 Å². The third-order valence-corrected chi connectivity index (χ3v) is 5.96. The average molecular weight is 435 g/mol. The summed E-state index contributed by atoms with van der Waals surface area (Å²) >= 11 is 6.16. The molecule has 2 aromatic carbocycles. The van der Waals surface area contributed by atoms with Crippen molar-refractivity contribution in [1.29, 1.82) is 0 Å². The highest BCUT2D eigenvalue weighted by atomic mass is 35.5. The molecule has 0 aliphatic carbocycles. The van der Waals surface area contributed by atoms with Gasteiger partial charge in [-0.25, -0.2) is 13.1 Å². The van der Waals surface area contributed by atoms with Crippen molar-refractivity contribution in [3.05, 3.63) is 58.9 Å². The van der Waals surface area contributed by atoms with Crippen LogP contribution in [0.15, 0.2) is 52.1 Å². The molecule has 0 aliphatic rings. The van der Waals surface area contributed by atoms with Crippen LogP contribution >= 0.6 is 11.6 Å². The first-order valence-electron chi connectivity index (χ1n) is 8.68. The Balaban J connectivity index is 1.92. The topological polar surface area (TPSA) is 114 Å². The molecule has 0 saturated carbocycles. The Bertz CT molecular complexity index is 1150. The largest absolute Gasteiger partial charge is 0.423 e. The fraction of sp³-hybridized carbons (Fsp3) is 0.211. The predicted octanol–water partition coefficient (Wildman–Crippen LogP) is 3.64. The van der Waals surface area contributed by atoms with Gasteiger partial charge in [0.2, 0.25) is 22.3 Å². The number of carbonyl (C=O) groups is 1. The van der Waals surface area contributed by atoms with Gasteiger partial charge in [-0.2, -0.15) is 0 Å². The fourth-order valence-corrected chi connectivity index (χ4v) is 4.08. The number of amides is 1. The summed E-state index contributed by atoms with van der Waals surface area (Å²) in [5, 5.41) is 10.4. The van der Waals surface area contributed by atoms with Crippen molar-refractivity contribution in [3.8, 4) is 11.5 Å². The van der Waals surface area contributed by atoms with E-state index in [4.69, 9.17) is 16.0 Å². The third kappa shape index (κ3) is 4.81. The number of anilines is 1. The first kappa shape index (κ1) is 21.0. The molecule has 2 N–H and O–H groups in total. The summed E-state index contributed by atoms with van der Waals surface area (Å²) in [5.41, 5.74) is 1.98. The molecule has 1 amide bonds. The van der Waals surface area contributed by atoms with Gasteiger partial charge in [-0.15, -0.1) is 10.2 Å². The highest BCUT2D eigenvalue weighted by Gasteiger charge is 2.20. The zero-order valence-electron chi connectivity index (χ0n) is 15.9. The summed E-state index contributed by atoms with van der Waals surface area (Å²) in [6, 6.07) is 8.97. The van der Waals surface area contributed by atoms with E-state index in [0.717, 1.165) is 5.56 Å². The smallest absolute Gasteiger partial charge is 0.257 e. The number of rotatable bonds is 6. The molecule has 0 spiro atoms. The number of hydrogen-bond donors (Lipinski definition) is 2. The number of hydrogen-bond acceptors (Lipinski definition) is 6. The van der Waals surface area contributed by atoms with Crippen molar-refractivity contribution in [2.24, 2.45) is 0 Å². The highest BCUT2D eigenvalue weighted by molar-refractivity contribution is 7.89. The second-order valence-electron chi connectivity index (χ2n) is 6.65. The molecule has 29 heavy (non-hydrogen) atoms. The van der Waals surface area contributed by atoms with E-state index in [1.807, 2.05) is 6.92 Å². The Morgan fingerprint density at radius 1 is 1.17 bits per heavy atom. The Morgan fingerprint density at radius 3 is 2.59 bits per heavy atom. The second kappa shape index (κ2) is 8.32. The van der Waals surface area contributed by atoms with Gasteiger partial charge in [0.05, 0.1) is 15.5 Å². The lowest BCUT2D eigenvalue weighted by atomic mass is 10.1. The highest BCUT2D eigenvalue weighted by Crippen LogP contribution is 2.26. The summed E-state index contributed by atoms with van der Waals surface area (Å²) in [6.07, 6.45) is 1.21. The Kier molecular flexibility index (Phi) is 6.02. The molecular formula is C19H19ClN4O4S. The average Bonchev–Trinajstić information content (AvgIpc) is 3.17. The lowest BCUT2D eigenvalue weighted by molar-refractivity contribution is 0.102. The van der Waals surface area contributed by atoms with E-state index < -0.39 is 15.9 Å². The van der Waals surface area contributed by atoms with Crippen LogP contribution in [0.2, 0.25) is 5.02 Å². The predicted molar refractivity (Wildman–Crippen MR) is 109 cm³/mol. The lowest BCUT2D eigenvalue weighted by Gasteiger charge is -2.13. The van der Waals surface area contributed by atoms with Crippen LogP contribution < -0.4 is 10.0 Å². The van der Waals surface area contributed by atoms with Gasteiger partial charge < -0.3 is 9.73 Å². The van der Waals surface area contributed by atoms with Gasteiger partial charge in [-0.05, 0) is 56.7 Å². The van der Waals surface area contributed by atoms with Crippen LogP contribution in [0.3, 0.4) is 0 Å². The van der Waals surface area contributed by atoms with Crippen LogP contribution in [-0.2, 0) is 10.0 Å². The Morgan fingerprint density at radius 2 is 1.93 bits per heavy atom. The summed E-state index contributed by atoms with van der Waals surface area (Å²) in [4.78, 5) is 12.8. The number of nitrogens with one attached hydrogen (secondary N) is 2. The zero-order valence-corrected chi connectivity index (χ0v) is 17.5.